The van der Waals surface area contributed by atoms with E-state index in [1.807, 2.05) is 0 Å². The Morgan fingerprint density at radius 1 is 1.62 bits per heavy atom. The third kappa shape index (κ3) is 1.75. The standard InChI is InChI=1S/C10H14ClN3O2/c11-4-5-14-7-3-1-2-6(9(12)15)8(7)13-10(14)16/h6H,1-5H2,(H2,12,15)(H,13,16). The number of aromatic nitrogens is 2. The number of alkyl halides is 1. The van der Waals surface area contributed by atoms with Gasteiger partial charge in [0.1, 0.15) is 0 Å². The lowest BCUT2D eigenvalue weighted by atomic mass is 9.89. The first kappa shape index (κ1) is 11.3. The highest BCUT2D eigenvalue weighted by atomic mass is 35.5. The Balaban J connectivity index is 2.47. The fraction of sp³-hybridized carbons (Fsp3) is 0.600. The van der Waals surface area contributed by atoms with Crippen LogP contribution < -0.4 is 11.4 Å². The van der Waals surface area contributed by atoms with E-state index in [2.05, 4.69) is 4.98 Å². The largest absolute Gasteiger partial charge is 0.369 e. The molecule has 3 N–H and O–H groups in total. The minimum atomic E-state index is -0.375. The number of amides is 1. The molecule has 0 bridgehead atoms. The Hall–Kier alpha value is -1.23. The van der Waals surface area contributed by atoms with Crippen molar-refractivity contribution in [3.8, 4) is 0 Å². The smallest absolute Gasteiger partial charge is 0.325 e. The molecule has 0 aliphatic heterocycles. The van der Waals surface area contributed by atoms with E-state index in [0.29, 0.717) is 24.5 Å². The van der Waals surface area contributed by atoms with Gasteiger partial charge in [0, 0.05) is 18.1 Å². The quantitative estimate of drug-likeness (QED) is 0.750. The van der Waals surface area contributed by atoms with E-state index in [1.165, 1.54) is 0 Å². The van der Waals surface area contributed by atoms with Gasteiger partial charge < -0.3 is 10.7 Å². The van der Waals surface area contributed by atoms with Crippen molar-refractivity contribution in [1.29, 1.82) is 0 Å². The number of fused-ring (bicyclic) bond motifs is 1. The molecule has 1 aromatic rings. The molecule has 1 atom stereocenters. The molecule has 0 saturated carbocycles. The number of halogens is 1. The number of imidazole rings is 1. The highest BCUT2D eigenvalue weighted by Crippen LogP contribution is 2.29. The Morgan fingerprint density at radius 2 is 2.38 bits per heavy atom. The molecule has 0 fully saturated rings. The lowest BCUT2D eigenvalue weighted by Gasteiger charge is -2.20. The number of nitrogens with two attached hydrogens (primary N) is 1. The maximum atomic E-state index is 11.7. The fourth-order valence-corrected chi connectivity index (χ4v) is 2.47. The molecule has 0 spiro atoms. The highest BCUT2D eigenvalue weighted by Gasteiger charge is 2.29. The van der Waals surface area contributed by atoms with E-state index >= 15 is 0 Å². The minimum Gasteiger partial charge on any atom is -0.369 e. The molecule has 1 heterocycles. The summed E-state index contributed by atoms with van der Waals surface area (Å²) in [6, 6.07) is 0. The van der Waals surface area contributed by atoms with Crippen molar-refractivity contribution in [2.75, 3.05) is 5.88 Å². The molecular weight excluding hydrogens is 230 g/mol. The van der Waals surface area contributed by atoms with Gasteiger partial charge in [-0.3, -0.25) is 9.36 Å². The lowest BCUT2D eigenvalue weighted by molar-refractivity contribution is -0.119. The van der Waals surface area contributed by atoms with E-state index in [9.17, 15) is 9.59 Å². The van der Waals surface area contributed by atoms with Crippen molar-refractivity contribution in [2.45, 2.75) is 31.7 Å². The van der Waals surface area contributed by atoms with Gasteiger partial charge in [-0.2, -0.15) is 0 Å². The van der Waals surface area contributed by atoms with Crippen molar-refractivity contribution in [3.63, 3.8) is 0 Å². The molecule has 5 nitrogen and oxygen atoms in total. The molecule has 1 aliphatic carbocycles. The second kappa shape index (κ2) is 4.33. The van der Waals surface area contributed by atoms with Gasteiger partial charge in [0.15, 0.2) is 0 Å². The molecule has 1 unspecified atom stereocenters. The lowest BCUT2D eigenvalue weighted by Crippen LogP contribution is -2.26. The van der Waals surface area contributed by atoms with Crippen LogP contribution in [0.4, 0.5) is 0 Å². The number of hydrogen-bond donors (Lipinski definition) is 2. The SMILES string of the molecule is NC(=O)C1CCCc2c1[nH]c(=O)n2CCCl. The molecule has 1 aliphatic rings. The predicted octanol–water partition coefficient (Wildman–Crippen LogP) is 0.320. The Morgan fingerprint density at radius 3 is 3.00 bits per heavy atom. The topological polar surface area (TPSA) is 80.9 Å². The van der Waals surface area contributed by atoms with Crippen molar-refractivity contribution in [2.24, 2.45) is 5.73 Å². The van der Waals surface area contributed by atoms with Crippen LogP contribution >= 0.6 is 11.6 Å². The van der Waals surface area contributed by atoms with Crippen LogP contribution in [-0.2, 0) is 17.8 Å². The summed E-state index contributed by atoms with van der Waals surface area (Å²) in [5.74, 6) is -0.348. The Labute approximate surface area is 97.6 Å². The first-order valence-corrected chi connectivity index (χ1v) is 5.85. The van der Waals surface area contributed by atoms with E-state index in [1.54, 1.807) is 4.57 Å². The summed E-state index contributed by atoms with van der Waals surface area (Å²) >= 11 is 5.64. The van der Waals surface area contributed by atoms with Gasteiger partial charge in [0.2, 0.25) is 5.91 Å². The molecule has 16 heavy (non-hydrogen) atoms. The number of hydrogen-bond acceptors (Lipinski definition) is 2. The summed E-state index contributed by atoms with van der Waals surface area (Å²) in [5.41, 5.74) is 6.70. The average Bonchev–Trinajstić information content (AvgIpc) is 2.56. The molecule has 0 aromatic carbocycles. The Kier molecular flexibility index (Phi) is 3.05. The zero-order chi connectivity index (χ0) is 11.7. The summed E-state index contributed by atoms with van der Waals surface area (Å²) in [6.07, 6.45) is 2.39. The number of nitrogens with zero attached hydrogens (tertiary/aromatic N) is 1. The number of carbonyl (C=O) groups is 1. The molecule has 1 aromatic heterocycles. The number of primary amides is 1. The summed E-state index contributed by atoms with van der Waals surface area (Å²) < 4.78 is 1.61. The van der Waals surface area contributed by atoms with Gasteiger partial charge in [-0.15, -0.1) is 11.6 Å². The third-order valence-corrected chi connectivity index (χ3v) is 3.20. The van der Waals surface area contributed by atoms with Gasteiger partial charge in [-0.1, -0.05) is 0 Å². The second-order valence-corrected chi connectivity index (χ2v) is 4.36. The van der Waals surface area contributed by atoms with E-state index < -0.39 is 0 Å². The molecule has 0 radical (unpaired) electrons. The predicted molar refractivity (Wildman–Crippen MR) is 60.6 cm³/mol. The van der Waals surface area contributed by atoms with Crippen LogP contribution in [0.15, 0.2) is 4.79 Å². The van der Waals surface area contributed by atoms with E-state index in [-0.39, 0.29) is 17.5 Å². The van der Waals surface area contributed by atoms with Crippen molar-refractivity contribution < 1.29 is 4.79 Å². The molecule has 2 rings (SSSR count). The van der Waals surface area contributed by atoms with Crippen molar-refractivity contribution in [1.82, 2.24) is 9.55 Å². The maximum Gasteiger partial charge on any atom is 0.325 e. The summed E-state index contributed by atoms with van der Waals surface area (Å²) in [7, 11) is 0. The molecule has 6 heteroatoms. The van der Waals surface area contributed by atoms with E-state index in [0.717, 1.165) is 18.5 Å². The van der Waals surface area contributed by atoms with Gasteiger partial charge in [0.05, 0.1) is 11.6 Å². The monoisotopic (exact) mass is 243 g/mol. The van der Waals surface area contributed by atoms with Crippen LogP contribution in [0.2, 0.25) is 0 Å². The van der Waals surface area contributed by atoms with Gasteiger partial charge in [0.25, 0.3) is 0 Å². The molecule has 0 saturated heterocycles. The van der Waals surface area contributed by atoms with Crippen LogP contribution in [0.5, 0.6) is 0 Å². The normalized spacial score (nSPS) is 19.4. The number of aromatic amines is 1. The van der Waals surface area contributed by atoms with Gasteiger partial charge >= 0.3 is 5.69 Å². The number of nitrogens with one attached hydrogen (secondary N) is 1. The first-order valence-electron chi connectivity index (χ1n) is 5.32. The highest BCUT2D eigenvalue weighted by molar-refractivity contribution is 6.17. The Bertz CT molecular complexity index is 463. The average molecular weight is 244 g/mol. The van der Waals surface area contributed by atoms with Crippen LogP contribution in [0.25, 0.3) is 0 Å². The molecule has 1 amide bonds. The zero-order valence-corrected chi connectivity index (χ0v) is 9.59. The minimum absolute atomic E-state index is 0.196. The molecular formula is C10H14ClN3O2. The summed E-state index contributed by atoms with van der Waals surface area (Å²) in [6.45, 7) is 0.470. The first-order chi connectivity index (χ1) is 7.65. The third-order valence-electron chi connectivity index (χ3n) is 3.03. The summed E-state index contributed by atoms with van der Waals surface area (Å²) in [5, 5.41) is 0. The summed E-state index contributed by atoms with van der Waals surface area (Å²) in [4.78, 5) is 25.7. The zero-order valence-electron chi connectivity index (χ0n) is 8.83. The van der Waals surface area contributed by atoms with Crippen LogP contribution in [0.1, 0.15) is 30.1 Å². The van der Waals surface area contributed by atoms with E-state index in [4.69, 9.17) is 17.3 Å². The van der Waals surface area contributed by atoms with Crippen LogP contribution in [0, 0.1) is 0 Å². The van der Waals surface area contributed by atoms with Crippen LogP contribution in [-0.4, -0.2) is 21.3 Å². The van der Waals surface area contributed by atoms with Crippen molar-refractivity contribution >= 4 is 17.5 Å². The van der Waals surface area contributed by atoms with Gasteiger partial charge in [-0.25, -0.2) is 4.79 Å². The van der Waals surface area contributed by atoms with Gasteiger partial charge in [-0.05, 0) is 19.3 Å². The number of rotatable bonds is 3. The number of carbonyl (C=O) groups excluding carboxylic acids is 1. The fourth-order valence-electron chi connectivity index (χ4n) is 2.30. The molecule has 88 valence electrons. The van der Waals surface area contributed by atoms with Crippen LogP contribution in [0.3, 0.4) is 0 Å². The number of H-pyrrole nitrogens is 1. The maximum absolute atomic E-state index is 11.7. The van der Waals surface area contributed by atoms with Crippen molar-refractivity contribution in [3.05, 3.63) is 21.9 Å². The second-order valence-electron chi connectivity index (χ2n) is 3.98.